The molecule has 0 unspecified atom stereocenters. The lowest BCUT2D eigenvalue weighted by Crippen LogP contribution is -2.01. The van der Waals surface area contributed by atoms with Crippen LogP contribution in [-0.2, 0) is 0 Å². The smallest absolute Gasteiger partial charge is 0.282 e. The molecule has 0 aliphatic rings. The third kappa shape index (κ3) is 2.03. The van der Waals surface area contributed by atoms with Gasteiger partial charge in [-0.15, -0.1) is 0 Å². The molecular formula is C6H4BrF2IN2. The van der Waals surface area contributed by atoms with E-state index in [2.05, 4.69) is 20.9 Å². The van der Waals surface area contributed by atoms with E-state index in [9.17, 15) is 8.78 Å². The van der Waals surface area contributed by atoms with Crippen LogP contribution in [0.5, 0.6) is 0 Å². The van der Waals surface area contributed by atoms with Gasteiger partial charge in [0.1, 0.15) is 10.3 Å². The molecule has 0 saturated carbocycles. The molecule has 2 N–H and O–H groups in total. The molecule has 0 amide bonds. The molecule has 0 spiro atoms. The van der Waals surface area contributed by atoms with Gasteiger partial charge in [0.25, 0.3) is 6.43 Å². The normalized spacial score (nSPS) is 10.8. The summed E-state index contributed by atoms with van der Waals surface area (Å²) in [5.74, 6) is 0. The first-order chi connectivity index (χ1) is 5.52. The van der Waals surface area contributed by atoms with Gasteiger partial charge in [-0.25, -0.2) is 13.8 Å². The Morgan fingerprint density at radius 1 is 1.58 bits per heavy atom. The van der Waals surface area contributed by atoms with Gasteiger partial charge in [0.05, 0.1) is 5.69 Å². The number of rotatable bonds is 1. The number of hydrogen-bond acceptors (Lipinski definition) is 2. The maximum atomic E-state index is 12.2. The molecule has 66 valence electrons. The Hall–Kier alpha value is 0.0200. The average Bonchev–Trinajstić information content (AvgIpc) is 1.96. The monoisotopic (exact) mass is 348 g/mol. The highest BCUT2D eigenvalue weighted by atomic mass is 127. The molecule has 0 bridgehead atoms. The fourth-order valence-electron chi connectivity index (χ4n) is 0.679. The molecule has 1 rings (SSSR count). The molecule has 0 aromatic carbocycles. The van der Waals surface area contributed by atoms with Crippen LogP contribution in [0.15, 0.2) is 10.7 Å². The lowest BCUT2D eigenvalue weighted by atomic mass is 10.3. The molecule has 0 fully saturated rings. The number of alkyl halides is 2. The summed E-state index contributed by atoms with van der Waals surface area (Å²) in [4.78, 5) is 3.57. The number of nitrogens with two attached hydrogens (primary N) is 1. The molecule has 0 aliphatic heterocycles. The van der Waals surface area contributed by atoms with E-state index in [1.54, 1.807) is 6.07 Å². The lowest BCUT2D eigenvalue weighted by molar-refractivity contribution is 0.147. The van der Waals surface area contributed by atoms with E-state index in [1.807, 2.05) is 22.6 Å². The predicted molar refractivity (Wildman–Crippen MR) is 54.0 cm³/mol. The summed E-state index contributed by atoms with van der Waals surface area (Å²) < 4.78 is 25.4. The standard InChI is InChI=1S/C6H4BrF2IN2/c7-3-1-2(10)4(11)5(12-3)6(8)9/h1,6H,11H2. The van der Waals surface area contributed by atoms with Crippen molar-refractivity contribution < 1.29 is 8.78 Å². The number of halogens is 4. The van der Waals surface area contributed by atoms with E-state index >= 15 is 0 Å². The van der Waals surface area contributed by atoms with Crippen molar-refractivity contribution in [2.45, 2.75) is 6.43 Å². The van der Waals surface area contributed by atoms with Crippen LogP contribution >= 0.6 is 38.5 Å². The number of hydrogen-bond donors (Lipinski definition) is 1. The molecule has 2 nitrogen and oxygen atoms in total. The highest BCUT2D eigenvalue weighted by molar-refractivity contribution is 14.1. The largest absolute Gasteiger partial charge is 0.396 e. The van der Waals surface area contributed by atoms with Crippen LogP contribution in [0.3, 0.4) is 0 Å². The van der Waals surface area contributed by atoms with E-state index in [1.165, 1.54) is 0 Å². The second-order valence-corrected chi connectivity index (χ2v) is 4.00. The second kappa shape index (κ2) is 3.82. The zero-order valence-corrected chi connectivity index (χ0v) is 9.43. The lowest BCUT2D eigenvalue weighted by Gasteiger charge is -2.05. The Morgan fingerprint density at radius 2 is 2.17 bits per heavy atom. The van der Waals surface area contributed by atoms with E-state index in [0.717, 1.165) is 0 Å². The maximum absolute atomic E-state index is 12.2. The fourth-order valence-corrected chi connectivity index (χ4v) is 2.10. The van der Waals surface area contributed by atoms with E-state index in [4.69, 9.17) is 5.73 Å². The summed E-state index contributed by atoms with van der Waals surface area (Å²) >= 11 is 4.89. The van der Waals surface area contributed by atoms with Crippen molar-refractivity contribution in [3.05, 3.63) is 19.9 Å². The summed E-state index contributed by atoms with van der Waals surface area (Å²) in [5.41, 5.74) is 5.06. The molecule has 6 heteroatoms. The quantitative estimate of drug-likeness (QED) is 0.626. The molecule has 12 heavy (non-hydrogen) atoms. The van der Waals surface area contributed by atoms with Crippen molar-refractivity contribution in [2.24, 2.45) is 0 Å². The highest BCUT2D eigenvalue weighted by Gasteiger charge is 2.15. The predicted octanol–water partition coefficient (Wildman–Crippen LogP) is 2.97. The molecule has 1 aromatic heterocycles. The summed E-state index contributed by atoms with van der Waals surface area (Å²) in [5, 5.41) is 0. The fraction of sp³-hybridized carbons (Fsp3) is 0.167. The zero-order chi connectivity index (χ0) is 9.30. The Bertz CT molecular complexity index is 306. The molecular weight excluding hydrogens is 345 g/mol. The van der Waals surface area contributed by atoms with Crippen molar-refractivity contribution in [1.82, 2.24) is 4.98 Å². The van der Waals surface area contributed by atoms with Crippen molar-refractivity contribution >= 4 is 44.2 Å². The Labute approximate surface area is 89.8 Å². The van der Waals surface area contributed by atoms with Gasteiger partial charge in [0, 0.05) is 3.57 Å². The van der Waals surface area contributed by atoms with Crippen LogP contribution < -0.4 is 5.73 Å². The number of nitrogens with zero attached hydrogens (tertiary/aromatic N) is 1. The second-order valence-electron chi connectivity index (χ2n) is 2.03. The molecule has 0 atom stereocenters. The summed E-state index contributed by atoms with van der Waals surface area (Å²) in [6.45, 7) is 0. The van der Waals surface area contributed by atoms with Crippen molar-refractivity contribution in [2.75, 3.05) is 5.73 Å². The van der Waals surface area contributed by atoms with Gasteiger partial charge in [-0.05, 0) is 44.6 Å². The average molecular weight is 349 g/mol. The SMILES string of the molecule is Nc1c(I)cc(Br)nc1C(F)F. The van der Waals surface area contributed by atoms with Gasteiger partial charge < -0.3 is 5.73 Å². The number of aromatic nitrogens is 1. The molecule has 0 saturated heterocycles. The van der Waals surface area contributed by atoms with Gasteiger partial charge >= 0.3 is 0 Å². The first-order valence-corrected chi connectivity index (χ1v) is 4.79. The van der Waals surface area contributed by atoms with E-state index < -0.39 is 6.43 Å². The highest BCUT2D eigenvalue weighted by Crippen LogP contribution is 2.28. The Morgan fingerprint density at radius 3 is 2.67 bits per heavy atom. The minimum atomic E-state index is -2.63. The van der Waals surface area contributed by atoms with Gasteiger partial charge in [-0.1, -0.05) is 0 Å². The first kappa shape index (κ1) is 10.1. The third-order valence-electron chi connectivity index (χ3n) is 1.21. The van der Waals surface area contributed by atoms with Crippen molar-refractivity contribution in [3.8, 4) is 0 Å². The van der Waals surface area contributed by atoms with Crippen LogP contribution in [0.25, 0.3) is 0 Å². The first-order valence-electron chi connectivity index (χ1n) is 2.92. The number of nitrogen functional groups attached to an aromatic ring is 1. The Kier molecular flexibility index (Phi) is 3.22. The van der Waals surface area contributed by atoms with Crippen LogP contribution in [0.4, 0.5) is 14.5 Å². The summed E-state index contributed by atoms with van der Waals surface area (Å²) in [6, 6.07) is 1.59. The summed E-state index contributed by atoms with van der Waals surface area (Å²) in [7, 11) is 0. The minimum absolute atomic E-state index is 0.0498. The topological polar surface area (TPSA) is 38.9 Å². The van der Waals surface area contributed by atoms with Crippen LogP contribution in [-0.4, -0.2) is 4.98 Å². The van der Waals surface area contributed by atoms with E-state index in [-0.39, 0.29) is 11.4 Å². The molecule has 1 aromatic rings. The van der Waals surface area contributed by atoms with Crippen molar-refractivity contribution in [1.29, 1.82) is 0 Å². The van der Waals surface area contributed by atoms with Gasteiger partial charge in [0.2, 0.25) is 0 Å². The van der Waals surface area contributed by atoms with Crippen LogP contribution in [0, 0.1) is 3.57 Å². The van der Waals surface area contributed by atoms with Gasteiger partial charge in [0.15, 0.2) is 0 Å². The number of pyridine rings is 1. The van der Waals surface area contributed by atoms with Gasteiger partial charge in [-0.3, -0.25) is 0 Å². The van der Waals surface area contributed by atoms with E-state index in [0.29, 0.717) is 8.17 Å². The zero-order valence-electron chi connectivity index (χ0n) is 5.69. The Balaban J connectivity index is 3.28. The van der Waals surface area contributed by atoms with Gasteiger partial charge in [-0.2, -0.15) is 0 Å². The van der Waals surface area contributed by atoms with Crippen molar-refractivity contribution in [3.63, 3.8) is 0 Å². The number of anilines is 1. The van der Waals surface area contributed by atoms with Crippen LogP contribution in [0.2, 0.25) is 0 Å². The molecule has 0 radical (unpaired) electrons. The van der Waals surface area contributed by atoms with Crippen LogP contribution in [0.1, 0.15) is 12.1 Å². The molecule has 0 aliphatic carbocycles. The third-order valence-corrected chi connectivity index (χ3v) is 2.51. The summed E-state index contributed by atoms with van der Waals surface area (Å²) in [6.07, 6.45) is -2.63. The maximum Gasteiger partial charge on any atom is 0.282 e. The molecule has 1 heterocycles. The minimum Gasteiger partial charge on any atom is -0.396 e.